The Labute approximate surface area is 135 Å². The Bertz CT molecular complexity index is 252. The minimum atomic E-state index is -0.671. The van der Waals surface area contributed by atoms with E-state index < -0.39 is 5.97 Å². The van der Waals surface area contributed by atoms with Crippen molar-refractivity contribution in [1.29, 1.82) is 0 Å². The molecule has 21 heavy (non-hydrogen) atoms. The summed E-state index contributed by atoms with van der Waals surface area (Å²) in [5, 5.41) is 8.51. The lowest BCUT2D eigenvalue weighted by Crippen LogP contribution is -1.94. The molecule has 0 aliphatic rings. The molecule has 0 heterocycles. The molecule has 0 aromatic carbocycles. The van der Waals surface area contributed by atoms with E-state index in [9.17, 15) is 4.79 Å². The number of allylic oxidation sites excluding steroid dienone is 2. The van der Waals surface area contributed by atoms with E-state index >= 15 is 0 Å². The van der Waals surface area contributed by atoms with Gasteiger partial charge in [0.1, 0.15) is 0 Å². The minimum absolute atomic E-state index is 0.321. The van der Waals surface area contributed by atoms with Crippen molar-refractivity contribution in [3.05, 3.63) is 12.2 Å². The monoisotopic (exact) mass is 314 g/mol. The van der Waals surface area contributed by atoms with Crippen LogP contribution in [0.1, 0.15) is 84.0 Å². The molecular formula is C18H34O2S. The van der Waals surface area contributed by atoms with Gasteiger partial charge in [-0.3, -0.25) is 4.79 Å². The van der Waals surface area contributed by atoms with Crippen molar-refractivity contribution in [2.75, 3.05) is 11.5 Å². The third-order valence-corrected chi connectivity index (χ3v) is 4.63. The molecule has 0 aliphatic heterocycles. The number of thioether (sulfide) groups is 1. The molecule has 0 aliphatic carbocycles. The molecule has 124 valence electrons. The lowest BCUT2D eigenvalue weighted by molar-refractivity contribution is -0.137. The van der Waals surface area contributed by atoms with Gasteiger partial charge in [-0.05, 0) is 50.0 Å². The van der Waals surface area contributed by atoms with Crippen molar-refractivity contribution >= 4 is 17.7 Å². The first-order chi connectivity index (χ1) is 10.3. The van der Waals surface area contributed by atoms with Crippen LogP contribution in [0, 0.1) is 0 Å². The normalized spacial score (nSPS) is 11.3. The fraction of sp³-hybridized carbons (Fsp3) is 0.833. The van der Waals surface area contributed by atoms with Crippen molar-refractivity contribution in [3.63, 3.8) is 0 Å². The zero-order valence-corrected chi connectivity index (χ0v) is 14.6. The summed E-state index contributed by atoms with van der Waals surface area (Å²) in [5.74, 6) is 1.64. The number of carbonyl (C=O) groups is 1. The summed E-state index contributed by atoms with van der Waals surface area (Å²) in [6.07, 6.45) is 18.8. The van der Waals surface area contributed by atoms with Crippen LogP contribution in [0.15, 0.2) is 12.2 Å². The number of carboxylic acid groups (broad SMARTS) is 1. The second-order valence-corrected chi connectivity index (χ2v) is 6.86. The van der Waals surface area contributed by atoms with Crippen LogP contribution in [0.25, 0.3) is 0 Å². The Morgan fingerprint density at radius 1 is 0.857 bits per heavy atom. The fourth-order valence-electron chi connectivity index (χ4n) is 2.16. The molecule has 0 bridgehead atoms. The van der Waals surface area contributed by atoms with E-state index in [2.05, 4.69) is 19.1 Å². The van der Waals surface area contributed by atoms with E-state index in [4.69, 9.17) is 5.11 Å². The lowest BCUT2D eigenvalue weighted by atomic mass is 10.1. The van der Waals surface area contributed by atoms with Crippen LogP contribution in [0.4, 0.5) is 0 Å². The Kier molecular flexibility index (Phi) is 17.2. The summed E-state index contributed by atoms with van der Waals surface area (Å²) in [5.41, 5.74) is 0. The highest BCUT2D eigenvalue weighted by Gasteiger charge is 1.96. The van der Waals surface area contributed by atoms with Crippen LogP contribution in [0.2, 0.25) is 0 Å². The summed E-state index contributed by atoms with van der Waals surface area (Å²) in [6, 6.07) is 0. The van der Waals surface area contributed by atoms with Gasteiger partial charge in [-0.2, -0.15) is 11.8 Å². The highest BCUT2D eigenvalue weighted by atomic mass is 32.2. The van der Waals surface area contributed by atoms with Gasteiger partial charge in [0.05, 0.1) is 0 Å². The van der Waals surface area contributed by atoms with Crippen LogP contribution in [0.3, 0.4) is 0 Å². The van der Waals surface area contributed by atoms with Crippen LogP contribution in [-0.4, -0.2) is 22.6 Å². The van der Waals surface area contributed by atoms with Crippen molar-refractivity contribution in [1.82, 2.24) is 0 Å². The van der Waals surface area contributed by atoms with Gasteiger partial charge in [-0.25, -0.2) is 0 Å². The van der Waals surface area contributed by atoms with Gasteiger partial charge in [-0.1, -0.05) is 51.2 Å². The molecule has 0 saturated heterocycles. The molecule has 0 aromatic rings. The number of rotatable bonds is 16. The van der Waals surface area contributed by atoms with Gasteiger partial charge in [0.15, 0.2) is 0 Å². The molecule has 0 radical (unpaired) electrons. The van der Waals surface area contributed by atoms with Crippen molar-refractivity contribution in [2.24, 2.45) is 0 Å². The molecule has 0 unspecified atom stereocenters. The lowest BCUT2D eigenvalue weighted by Gasteiger charge is -2.00. The van der Waals surface area contributed by atoms with Crippen molar-refractivity contribution in [3.8, 4) is 0 Å². The Balaban J connectivity index is 3.07. The van der Waals surface area contributed by atoms with Gasteiger partial charge in [0, 0.05) is 6.42 Å². The highest BCUT2D eigenvalue weighted by molar-refractivity contribution is 7.99. The fourth-order valence-corrected chi connectivity index (χ4v) is 3.15. The number of carboxylic acids is 1. The highest BCUT2D eigenvalue weighted by Crippen LogP contribution is 2.10. The zero-order chi connectivity index (χ0) is 15.6. The van der Waals surface area contributed by atoms with E-state index in [1.807, 2.05) is 11.8 Å². The number of aliphatic carboxylic acids is 1. The molecule has 0 aromatic heterocycles. The first kappa shape index (κ1) is 20.6. The molecule has 2 nitrogen and oxygen atoms in total. The third-order valence-electron chi connectivity index (χ3n) is 3.48. The standard InChI is InChI=1S/C18H34O2S/c1-2-3-4-5-6-7-8-9-10-11-13-16-21-17-14-12-15-18(19)20/h9-10H,2-8,11-17H2,1H3,(H,19,20)/b10-9-. The van der Waals surface area contributed by atoms with Crippen LogP contribution >= 0.6 is 11.8 Å². The summed E-state index contributed by atoms with van der Waals surface area (Å²) in [4.78, 5) is 10.3. The van der Waals surface area contributed by atoms with E-state index in [0.29, 0.717) is 6.42 Å². The smallest absolute Gasteiger partial charge is 0.303 e. The average Bonchev–Trinajstić information content (AvgIpc) is 2.46. The second-order valence-electron chi connectivity index (χ2n) is 5.63. The average molecular weight is 315 g/mol. The maximum atomic E-state index is 10.3. The maximum Gasteiger partial charge on any atom is 0.303 e. The third kappa shape index (κ3) is 19.6. The predicted octanol–water partition coefficient (Wildman–Crippen LogP) is 6.06. The molecular weight excluding hydrogens is 280 g/mol. The predicted molar refractivity (Wildman–Crippen MR) is 95.2 cm³/mol. The van der Waals surface area contributed by atoms with Gasteiger partial charge in [0.25, 0.3) is 0 Å². The van der Waals surface area contributed by atoms with E-state index in [1.165, 1.54) is 63.5 Å². The van der Waals surface area contributed by atoms with Crippen LogP contribution in [-0.2, 0) is 4.79 Å². The molecule has 0 rings (SSSR count). The van der Waals surface area contributed by atoms with E-state index in [1.54, 1.807) is 0 Å². The molecule has 3 heteroatoms. The Morgan fingerprint density at radius 3 is 2.19 bits per heavy atom. The van der Waals surface area contributed by atoms with E-state index in [-0.39, 0.29) is 0 Å². The first-order valence-electron chi connectivity index (χ1n) is 8.72. The maximum absolute atomic E-state index is 10.3. The number of unbranched alkanes of at least 4 members (excludes halogenated alkanes) is 8. The quantitative estimate of drug-likeness (QED) is 0.278. The van der Waals surface area contributed by atoms with Crippen molar-refractivity contribution in [2.45, 2.75) is 84.0 Å². The topological polar surface area (TPSA) is 37.3 Å². The summed E-state index contributed by atoms with van der Waals surface area (Å²) < 4.78 is 0. The SMILES string of the molecule is CCCCCCCC/C=C\CCCSCCCCC(=O)O. The van der Waals surface area contributed by atoms with Crippen LogP contribution < -0.4 is 0 Å². The first-order valence-corrected chi connectivity index (χ1v) is 9.87. The van der Waals surface area contributed by atoms with Gasteiger partial charge >= 0.3 is 5.97 Å². The van der Waals surface area contributed by atoms with Crippen molar-refractivity contribution < 1.29 is 9.90 Å². The molecule has 0 saturated carbocycles. The van der Waals surface area contributed by atoms with Gasteiger partial charge in [-0.15, -0.1) is 0 Å². The minimum Gasteiger partial charge on any atom is -0.481 e. The number of hydrogen-bond donors (Lipinski definition) is 1. The summed E-state index contributed by atoms with van der Waals surface area (Å²) >= 11 is 1.96. The Hall–Kier alpha value is -0.440. The molecule has 0 fully saturated rings. The molecule has 0 amide bonds. The van der Waals surface area contributed by atoms with Gasteiger partial charge in [0.2, 0.25) is 0 Å². The second kappa shape index (κ2) is 17.6. The van der Waals surface area contributed by atoms with Gasteiger partial charge < -0.3 is 5.11 Å². The summed E-state index contributed by atoms with van der Waals surface area (Å²) in [7, 11) is 0. The largest absolute Gasteiger partial charge is 0.481 e. The number of hydrogen-bond acceptors (Lipinski definition) is 2. The zero-order valence-electron chi connectivity index (χ0n) is 13.8. The Morgan fingerprint density at radius 2 is 1.48 bits per heavy atom. The molecule has 0 atom stereocenters. The van der Waals surface area contributed by atoms with Crippen LogP contribution in [0.5, 0.6) is 0 Å². The molecule has 0 spiro atoms. The molecule has 1 N–H and O–H groups in total. The summed E-state index contributed by atoms with van der Waals surface area (Å²) in [6.45, 7) is 2.26. The van der Waals surface area contributed by atoms with E-state index in [0.717, 1.165) is 18.6 Å².